The SMILES string of the molecule is CCCc1noc([C@H]2CCC(=O)N(C3CC3)C2)n1. The van der Waals surface area contributed by atoms with Crippen molar-refractivity contribution in [2.75, 3.05) is 6.54 Å². The number of piperidine rings is 1. The summed E-state index contributed by atoms with van der Waals surface area (Å²) in [5, 5.41) is 4.00. The highest BCUT2D eigenvalue weighted by Crippen LogP contribution is 2.34. The molecule has 1 atom stereocenters. The zero-order valence-electron chi connectivity index (χ0n) is 10.8. The van der Waals surface area contributed by atoms with Crippen LogP contribution in [0, 0.1) is 0 Å². The average Bonchev–Trinajstić information content (AvgIpc) is 3.11. The van der Waals surface area contributed by atoms with Gasteiger partial charge in [-0.1, -0.05) is 12.1 Å². The fourth-order valence-electron chi connectivity index (χ4n) is 2.57. The molecule has 0 unspecified atom stereocenters. The molecule has 1 saturated heterocycles. The van der Waals surface area contributed by atoms with Gasteiger partial charge < -0.3 is 9.42 Å². The molecule has 1 saturated carbocycles. The molecule has 5 heteroatoms. The number of carbonyl (C=O) groups is 1. The number of carbonyl (C=O) groups excluding carboxylic acids is 1. The fraction of sp³-hybridized carbons (Fsp3) is 0.769. The first-order chi connectivity index (χ1) is 8.78. The Hall–Kier alpha value is -1.39. The molecule has 1 aliphatic carbocycles. The maximum absolute atomic E-state index is 11.8. The molecule has 2 aliphatic rings. The monoisotopic (exact) mass is 249 g/mol. The number of aromatic nitrogens is 2. The summed E-state index contributed by atoms with van der Waals surface area (Å²) in [6, 6.07) is 0.485. The summed E-state index contributed by atoms with van der Waals surface area (Å²) >= 11 is 0. The predicted molar refractivity (Wildman–Crippen MR) is 65.0 cm³/mol. The first-order valence-corrected chi connectivity index (χ1v) is 6.90. The third kappa shape index (κ3) is 2.26. The van der Waals surface area contributed by atoms with Gasteiger partial charge in [-0.25, -0.2) is 0 Å². The third-order valence-electron chi connectivity index (χ3n) is 3.74. The predicted octanol–water partition coefficient (Wildman–Crippen LogP) is 1.89. The third-order valence-corrected chi connectivity index (χ3v) is 3.74. The summed E-state index contributed by atoms with van der Waals surface area (Å²) < 4.78 is 5.34. The molecule has 1 aromatic rings. The van der Waals surface area contributed by atoms with Gasteiger partial charge in [-0.15, -0.1) is 0 Å². The van der Waals surface area contributed by atoms with Crippen molar-refractivity contribution in [3.8, 4) is 0 Å². The Kier molecular flexibility index (Phi) is 3.06. The summed E-state index contributed by atoms with van der Waals surface area (Å²) in [5.41, 5.74) is 0. The van der Waals surface area contributed by atoms with Crippen LogP contribution in [0.2, 0.25) is 0 Å². The lowest BCUT2D eigenvalue weighted by Gasteiger charge is -2.30. The standard InChI is InChI=1S/C13H19N3O2/c1-2-3-11-14-13(18-15-11)9-4-7-12(17)16(8-9)10-5-6-10/h9-10H,2-8H2,1H3/t9-/m0/s1. The maximum atomic E-state index is 11.8. The zero-order valence-corrected chi connectivity index (χ0v) is 10.8. The van der Waals surface area contributed by atoms with E-state index in [2.05, 4.69) is 17.1 Å². The number of nitrogens with zero attached hydrogens (tertiary/aromatic N) is 3. The summed E-state index contributed by atoms with van der Waals surface area (Å²) in [5.74, 6) is 2.04. The van der Waals surface area contributed by atoms with Gasteiger partial charge in [0.25, 0.3) is 0 Å². The number of aryl methyl sites for hydroxylation is 1. The van der Waals surface area contributed by atoms with Crippen molar-refractivity contribution in [2.24, 2.45) is 0 Å². The minimum atomic E-state index is 0.237. The van der Waals surface area contributed by atoms with E-state index >= 15 is 0 Å². The molecule has 0 aromatic carbocycles. The highest BCUT2D eigenvalue weighted by atomic mass is 16.5. The Morgan fingerprint density at radius 3 is 2.94 bits per heavy atom. The smallest absolute Gasteiger partial charge is 0.231 e. The van der Waals surface area contributed by atoms with E-state index in [9.17, 15) is 4.79 Å². The van der Waals surface area contributed by atoms with Gasteiger partial charge in [-0.05, 0) is 25.7 Å². The molecular weight excluding hydrogens is 230 g/mol. The lowest BCUT2D eigenvalue weighted by molar-refractivity contribution is -0.134. The summed E-state index contributed by atoms with van der Waals surface area (Å²) in [6.45, 7) is 2.86. The Morgan fingerprint density at radius 2 is 2.22 bits per heavy atom. The topological polar surface area (TPSA) is 59.2 Å². The van der Waals surface area contributed by atoms with Crippen LogP contribution in [-0.2, 0) is 11.2 Å². The van der Waals surface area contributed by atoms with E-state index in [1.54, 1.807) is 0 Å². The van der Waals surface area contributed by atoms with Crippen LogP contribution < -0.4 is 0 Å². The molecule has 5 nitrogen and oxygen atoms in total. The Bertz CT molecular complexity index is 439. The van der Waals surface area contributed by atoms with Crippen molar-refractivity contribution in [1.82, 2.24) is 15.0 Å². The molecule has 1 aromatic heterocycles. The van der Waals surface area contributed by atoms with Crippen molar-refractivity contribution in [3.05, 3.63) is 11.7 Å². The van der Waals surface area contributed by atoms with E-state index in [1.807, 2.05) is 4.90 Å². The van der Waals surface area contributed by atoms with Gasteiger partial charge in [-0.2, -0.15) is 4.98 Å². The first-order valence-electron chi connectivity index (χ1n) is 6.90. The molecule has 2 fully saturated rings. The molecule has 2 heterocycles. The number of amides is 1. The molecule has 0 bridgehead atoms. The number of rotatable bonds is 4. The summed E-state index contributed by atoms with van der Waals surface area (Å²) in [7, 11) is 0. The minimum Gasteiger partial charge on any atom is -0.339 e. The second-order valence-electron chi connectivity index (χ2n) is 5.31. The second-order valence-corrected chi connectivity index (χ2v) is 5.31. The van der Waals surface area contributed by atoms with Gasteiger partial charge in [0.2, 0.25) is 11.8 Å². The Labute approximate surface area is 107 Å². The highest BCUT2D eigenvalue weighted by molar-refractivity contribution is 5.77. The van der Waals surface area contributed by atoms with E-state index in [1.165, 1.54) is 0 Å². The molecule has 3 rings (SSSR count). The van der Waals surface area contributed by atoms with Crippen LogP contribution >= 0.6 is 0 Å². The van der Waals surface area contributed by atoms with Gasteiger partial charge in [0.1, 0.15) is 0 Å². The van der Waals surface area contributed by atoms with Gasteiger partial charge in [-0.3, -0.25) is 4.79 Å². The molecule has 18 heavy (non-hydrogen) atoms. The van der Waals surface area contributed by atoms with Gasteiger partial charge in [0.05, 0.1) is 5.92 Å². The lowest BCUT2D eigenvalue weighted by atomic mass is 9.97. The molecule has 0 spiro atoms. The van der Waals surface area contributed by atoms with Crippen LogP contribution in [0.15, 0.2) is 4.52 Å². The number of likely N-dealkylation sites (tertiary alicyclic amines) is 1. The van der Waals surface area contributed by atoms with Crippen LogP contribution in [0.3, 0.4) is 0 Å². The summed E-state index contributed by atoms with van der Waals surface area (Å²) in [4.78, 5) is 18.3. The van der Waals surface area contributed by atoms with Crippen LogP contribution in [0.1, 0.15) is 56.7 Å². The van der Waals surface area contributed by atoms with Crippen LogP contribution in [0.5, 0.6) is 0 Å². The lowest BCUT2D eigenvalue weighted by Crippen LogP contribution is -2.40. The van der Waals surface area contributed by atoms with Crippen molar-refractivity contribution < 1.29 is 9.32 Å². The number of hydrogen-bond donors (Lipinski definition) is 0. The van der Waals surface area contributed by atoms with Gasteiger partial charge in [0, 0.05) is 25.4 Å². The highest BCUT2D eigenvalue weighted by Gasteiger charge is 2.38. The molecule has 98 valence electrons. The van der Waals surface area contributed by atoms with Crippen molar-refractivity contribution in [1.29, 1.82) is 0 Å². The zero-order chi connectivity index (χ0) is 12.5. The van der Waals surface area contributed by atoms with Crippen LogP contribution in [-0.4, -0.2) is 33.5 Å². The normalized spacial score (nSPS) is 24.6. The number of hydrogen-bond acceptors (Lipinski definition) is 4. The van der Waals surface area contributed by atoms with Crippen molar-refractivity contribution in [3.63, 3.8) is 0 Å². The van der Waals surface area contributed by atoms with E-state index in [0.717, 1.165) is 50.4 Å². The van der Waals surface area contributed by atoms with E-state index in [4.69, 9.17) is 4.52 Å². The molecule has 1 aliphatic heterocycles. The average molecular weight is 249 g/mol. The molecule has 0 N–H and O–H groups in total. The summed E-state index contributed by atoms with van der Waals surface area (Å²) in [6.07, 6.45) is 5.66. The Balaban J connectivity index is 1.69. The van der Waals surface area contributed by atoms with Crippen molar-refractivity contribution in [2.45, 2.75) is 57.4 Å². The van der Waals surface area contributed by atoms with E-state index in [0.29, 0.717) is 18.4 Å². The molecule has 0 radical (unpaired) electrons. The van der Waals surface area contributed by atoms with E-state index < -0.39 is 0 Å². The fourth-order valence-corrected chi connectivity index (χ4v) is 2.57. The van der Waals surface area contributed by atoms with Crippen molar-refractivity contribution >= 4 is 5.91 Å². The first kappa shape index (κ1) is 11.7. The minimum absolute atomic E-state index is 0.237. The molecule has 1 amide bonds. The largest absolute Gasteiger partial charge is 0.339 e. The van der Waals surface area contributed by atoms with E-state index in [-0.39, 0.29) is 5.92 Å². The molecular formula is C13H19N3O2. The van der Waals surface area contributed by atoms with Crippen LogP contribution in [0.25, 0.3) is 0 Å². The van der Waals surface area contributed by atoms with Crippen LogP contribution in [0.4, 0.5) is 0 Å². The Morgan fingerprint density at radius 1 is 1.39 bits per heavy atom. The second kappa shape index (κ2) is 4.71. The maximum Gasteiger partial charge on any atom is 0.231 e. The quantitative estimate of drug-likeness (QED) is 0.817. The van der Waals surface area contributed by atoms with Gasteiger partial charge in [0.15, 0.2) is 5.82 Å². The van der Waals surface area contributed by atoms with Gasteiger partial charge >= 0.3 is 0 Å².